The van der Waals surface area contributed by atoms with E-state index in [1.165, 1.54) is 25.1 Å². The van der Waals surface area contributed by atoms with Gasteiger partial charge in [-0.3, -0.25) is 0 Å². The van der Waals surface area contributed by atoms with Crippen LogP contribution in [0.1, 0.15) is 16.1 Å². The van der Waals surface area contributed by atoms with Gasteiger partial charge in [0.05, 0.1) is 13.4 Å². The van der Waals surface area contributed by atoms with E-state index in [4.69, 9.17) is 4.42 Å². The fourth-order valence-corrected chi connectivity index (χ4v) is 2.04. The summed E-state index contributed by atoms with van der Waals surface area (Å²) in [6.07, 6.45) is 1.46. The zero-order valence-corrected chi connectivity index (χ0v) is 10.1. The van der Waals surface area contributed by atoms with Crippen molar-refractivity contribution in [1.29, 1.82) is 0 Å². The van der Waals surface area contributed by atoms with Gasteiger partial charge in [-0.15, -0.1) is 5.10 Å². The van der Waals surface area contributed by atoms with Gasteiger partial charge in [0, 0.05) is 18.4 Å². The zero-order chi connectivity index (χ0) is 12.3. The van der Waals surface area contributed by atoms with Crippen molar-refractivity contribution < 1.29 is 13.9 Å². The molecule has 0 aliphatic heterocycles. The van der Waals surface area contributed by atoms with E-state index in [1.807, 2.05) is 0 Å². The molecule has 0 amide bonds. The second-order valence-electron chi connectivity index (χ2n) is 3.14. The number of aryl methyl sites for hydroxylation is 1. The van der Waals surface area contributed by atoms with Gasteiger partial charge in [0.1, 0.15) is 0 Å². The Balaban J connectivity index is 2.07. The van der Waals surface area contributed by atoms with Gasteiger partial charge < -0.3 is 9.15 Å². The van der Waals surface area contributed by atoms with E-state index in [2.05, 4.69) is 20.3 Å². The number of methoxy groups -OCH3 is 1. The molecule has 2 aromatic heterocycles. The van der Waals surface area contributed by atoms with Gasteiger partial charge in [-0.1, -0.05) is 11.8 Å². The fourth-order valence-electron chi connectivity index (χ4n) is 1.21. The number of tetrazole rings is 1. The largest absolute Gasteiger partial charge is 0.463 e. The summed E-state index contributed by atoms with van der Waals surface area (Å²) in [7, 11) is 3.06. The van der Waals surface area contributed by atoms with Crippen LogP contribution >= 0.6 is 11.8 Å². The van der Waals surface area contributed by atoms with E-state index >= 15 is 0 Å². The van der Waals surface area contributed by atoms with Gasteiger partial charge in [-0.05, 0) is 16.5 Å². The van der Waals surface area contributed by atoms with Gasteiger partial charge >= 0.3 is 5.97 Å². The molecule has 0 unspecified atom stereocenters. The molecule has 0 spiro atoms. The minimum Gasteiger partial charge on any atom is -0.463 e. The number of ether oxygens (including phenoxy) is 1. The molecule has 0 aromatic carbocycles. The molecule has 0 aliphatic carbocycles. The Bertz CT molecular complexity index is 522. The Kier molecular flexibility index (Phi) is 3.43. The number of carbonyl (C=O) groups excluding carboxylic acids is 1. The Morgan fingerprint density at radius 3 is 3.12 bits per heavy atom. The number of thioether (sulfide) groups is 1. The lowest BCUT2D eigenvalue weighted by Crippen LogP contribution is -2.02. The summed E-state index contributed by atoms with van der Waals surface area (Å²) in [5.41, 5.74) is 0.754. The van der Waals surface area contributed by atoms with Crippen LogP contribution in [0, 0.1) is 0 Å². The number of hydrogen-bond donors (Lipinski definition) is 0. The zero-order valence-electron chi connectivity index (χ0n) is 9.28. The maximum Gasteiger partial charge on any atom is 0.374 e. The molecule has 0 fully saturated rings. The lowest BCUT2D eigenvalue weighted by molar-refractivity contribution is 0.0564. The highest BCUT2D eigenvalue weighted by molar-refractivity contribution is 7.98. The van der Waals surface area contributed by atoms with Crippen molar-refractivity contribution in [2.45, 2.75) is 10.9 Å². The molecule has 90 valence electrons. The van der Waals surface area contributed by atoms with Crippen LogP contribution < -0.4 is 0 Å². The first-order chi connectivity index (χ1) is 8.22. The highest BCUT2D eigenvalue weighted by Gasteiger charge is 2.16. The molecule has 2 rings (SSSR count). The van der Waals surface area contributed by atoms with Crippen LogP contribution in [0.2, 0.25) is 0 Å². The first-order valence-electron chi connectivity index (χ1n) is 4.72. The summed E-state index contributed by atoms with van der Waals surface area (Å²) < 4.78 is 11.2. The van der Waals surface area contributed by atoms with Crippen molar-refractivity contribution in [3.63, 3.8) is 0 Å². The molecular weight excluding hydrogens is 244 g/mol. The van der Waals surface area contributed by atoms with Crippen molar-refractivity contribution >= 4 is 17.7 Å². The molecule has 2 aromatic rings. The molecule has 17 heavy (non-hydrogen) atoms. The number of nitrogens with zero attached hydrogens (tertiary/aromatic N) is 4. The van der Waals surface area contributed by atoms with Crippen molar-refractivity contribution in [2.24, 2.45) is 7.05 Å². The third kappa shape index (κ3) is 2.47. The topological polar surface area (TPSA) is 83.0 Å². The van der Waals surface area contributed by atoms with Crippen molar-refractivity contribution in [3.8, 4) is 0 Å². The number of hydrogen-bond acceptors (Lipinski definition) is 7. The van der Waals surface area contributed by atoms with Crippen LogP contribution in [0.25, 0.3) is 0 Å². The highest BCUT2D eigenvalue weighted by Crippen LogP contribution is 2.22. The fraction of sp³-hybridized carbons (Fsp3) is 0.333. The molecular formula is C9H10N4O3S. The number of furan rings is 1. The van der Waals surface area contributed by atoms with Crippen LogP contribution in [0.15, 0.2) is 21.9 Å². The monoisotopic (exact) mass is 254 g/mol. The summed E-state index contributed by atoms with van der Waals surface area (Å²) in [6.45, 7) is 0. The lowest BCUT2D eigenvalue weighted by Gasteiger charge is -2.00. The lowest BCUT2D eigenvalue weighted by atomic mass is 10.3. The van der Waals surface area contributed by atoms with E-state index in [9.17, 15) is 4.79 Å². The molecule has 0 atom stereocenters. The predicted octanol–water partition coefficient (Wildman–Crippen LogP) is 0.882. The van der Waals surface area contributed by atoms with Gasteiger partial charge in [0.15, 0.2) is 0 Å². The van der Waals surface area contributed by atoms with Gasteiger partial charge in [-0.25, -0.2) is 9.48 Å². The maximum absolute atomic E-state index is 11.4. The Morgan fingerprint density at radius 2 is 2.47 bits per heavy atom. The van der Waals surface area contributed by atoms with Crippen LogP contribution in [-0.4, -0.2) is 33.3 Å². The van der Waals surface area contributed by atoms with Gasteiger partial charge in [0.2, 0.25) is 10.9 Å². The van der Waals surface area contributed by atoms with E-state index < -0.39 is 5.97 Å². The molecule has 7 nitrogen and oxygen atoms in total. The third-order valence-corrected chi connectivity index (χ3v) is 3.12. The second kappa shape index (κ2) is 5.00. The minimum atomic E-state index is -0.485. The maximum atomic E-state index is 11.4. The normalized spacial score (nSPS) is 10.5. The summed E-state index contributed by atoms with van der Waals surface area (Å²) in [6, 6.07) is 1.73. The standard InChI is InChI=1S/C9H10N4O3S/c1-13-9(10-11-12-13)17-5-6-3-4-16-7(6)8(14)15-2/h3-4H,5H2,1-2H3. The van der Waals surface area contributed by atoms with Gasteiger partial charge in [0.25, 0.3) is 0 Å². The molecule has 0 aliphatic rings. The quantitative estimate of drug-likeness (QED) is 0.591. The van der Waals surface area contributed by atoms with Crippen LogP contribution in [0.4, 0.5) is 0 Å². The van der Waals surface area contributed by atoms with E-state index in [0.29, 0.717) is 10.9 Å². The predicted molar refractivity (Wildman–Crippen MR) is 58.4 cm³/mol. The molecule has 0 saturated carbocycles. The number of esters is 1. The smallest absolute Gasteiger partial charge is 0.374 e. The first kappa shape index (κ1) is 11.6. The third-order valence-electron chi connectivity index (χ3n) is 2.06. The van der Waals surface area contributed by atoms with Gasteiger partial charge in [-0.2, -0.15) is 0 Å². The van der Waals surface area contributed by atoms with E-state index in [1.54, 1.807) is 17.8 Å². The minimum absolute atomic E-state index is 0.218. The Labute approximate surface area is 101 Å². The molecule has 0 N–H and O–H groups in total. The molecule has 0 saturated heterocycles. The van der Waals surface area contributed by atoms with Crippen LogP contribution in [0.5, 0.6) is 0 Å². The average Bonchev–Trinajstić information content (AvgIpc) is 2.94. The summed E-state index contributed by atoms with van der Waals surface area (Å²) in [5, 5.41) is 11.7. The van der Waals surface area contributed by atoms with E-state index in [0.717, 1.165) is 5.56 Å². The second-order valence-corrected chi connectivity index (χ2v) is 4.08. The highest BCUT2D eigenvalue weighted by atomic mass is 32.2. The van der Waals surface area contributed by atoms with Crippen LogP contribution in [0.3, 0.4) is 0 Å². The molecule has 8 heteroatoms. The Morgan fingerprint density at radius 1 is 1.65 bits per heavy atom. The number of aromatic nitrogens is 4. The summed E-state index contributed by atoms with van der Waals surface area (Å²) in [4.78, 5) is 11.4. The van der Waals surface area contributed by atoms with Crippen molar-refractivity contribution in [3.05, 3.63) is 23.7 Å². The van der Waals surface area contributed by atoms with Crippen LogP contribution in [-0.2, 0) is 17.5 Å². The number of rotatable bonds is 4. The Hall–Kier alpha value is -1.83. The summed E-state index contributed by atoms with van der Waals surface area (Å²) in [5.74, 6) is 0.270. The molecule has 0 bridgehead atoms. The first-order valence-corrected chi connectivity index (χ1v) is 5.70. The average molecular weight is 254 g/mol. The van der Waals surface area contributed by atoms with Crippen molar-refractivity contribution in [2.75, 3.05) is 7.11 Å². The molecule has 2 heterocycles. The molecule has 0 radical (unpaired) electrons. The van der Waals surface area contributed by atoms with E-state index in [-0.39, 0.29) is 5.76 Å². The number of carbonyl (C=O) groups is 1. The summed E-state index contributed by atoms with van der Waals surface area (Å²) >= 11 is 1.41. The SMILES string of the molecule is COC(=O)c1occc1CSc1nnnn1C. The van der Waals surface area contributed by atoms with Crippen molar-refractivity contribution in [1.82, 2.24) is 20.2 Å².